The summed E-state index contributed by atoms with van der Waals surface area (Å²) in [6.45, 7) is 5.53. The van der Waals surface area contributed by atoms with Crippen molar-refractivity contribution in [1.29, 1.82) is 0 Å². The fraction of sp³-hybridized carbons (Fsp3) is 0.360. The summed E-state index contributed by atoms with van der Waals surface area (Å²) >= 11 is 0. The molecule has 4 heterocycles. The van der Waals surface area contributed by atoms with Crippen molar-refractivity contribution in [3.63, 3.8) is 0 Å². The van der Waals surface area contributed by atoms with Gasteiger partial charge in [0.1, 0.15) is 17.8 Å². The van der Waals surface area contributed by atoms with Gasteiger partial charge in [-0.25, -0.2) is 14.8 Å². The number of ether oxygens (including phenoxy) is 1. The maximum atomic E-state index is 12.7. The molecule has 1 aliphatic rings. The molecule has 3 N–H and O–H groups in total. The predicted octanol–water partition coefficient (Wildman–Crippen LogP) is 3.81. The second-order valence-electron chi connectivity index (χ2n) is 9.51. The topological polar surface area (TPSA) is 113 Å². The lowest BCUT2D eigenvalue weighted by atomic mass is 10.0. The maximum Gasteiger partial charge on any atom is 0.318 e. The van der Waals surface area contributed by atoms with Crippen LogP contribution >= 0.6 is 0 Å². The van der Waals surface area contributed by atoms with Crippen molar-refractivity contribution in [2.24, 2.45) is 7.05 Å². The van der Waals surface area contributed by atoms with E-state index in [4.69, 9.17) is 4.74 Å². The van der Waals surface area contributed by atoms with Crippen LogP contribution in [0.3, 0.4) is 0 Å². The summed E-state index contributed by atoms with van der Waals surface area (Å²) in [4.78, 5) is 26.8. The van der Waals surface area contributed by atoms with E-state index in [1.165, 1.54) is 0 Å². The highest BCUT2D eigenvalue weighted by molar-refractivity contribution is 5.93. The molecule has 1 aromatic carbocycles. The van der Waals surface area contributed by atoms with E-state index >= 15 is 0 Å². The summed E-state index contributed by atoms with van der Waals surface area (Å²) in [6.07, 6.45) is 6.24. The smallest absolute Gasteiger partial charge is 0.318 e. The first kappa shape index (κ1) is 22.9. The number of hydrogen-bond donors (Lipinski definition) is 3. The fourth-order valence-corrected chi connectivity index (χ4v) is 4.45. The molecule has 1 aliphatic heterocycles. The third-order valence-corrected chi connectivity index (χ3v) is 6.23. The van der Waals surface area contributed by atoms with Crippen molar-refractivity contribution in [1.82, 2.24) is 34.9 Å². The van der Waals surface area contributed by atoms with E-state index in [1.807, 2.05) is 48.8 Å². The molecule has 0 aliphatic carbocycles. The molecule has 0 unspecified atom stereocenters. The number of aromatic amines is 1. The van der Waals surface area contributed by atoms with Crippen molar-refractivity contribution in [3.8, 4) is 0 Å². The minimum atomic E-state index is -0.420. The number of fused-ring (bicyclic) bond motifs is 2. The van der Waals surface area contributed by atoms with Crippen LogP contribution in [-0.2, 0) is 11.8 Å². The van der Waals surface area contributed by atoms with Crippen molar-refractivity contribution >= 4 is 45.0 Å². The highest BCUT2D eigenvalue weighted by Gasteiger charge is 2.25. The molecule has 0 atom stereocenters. The SMILES string of the molecule is COCC(C)(C)NC(=O)N1CC=C(c2cc3c(Nc4ccc5c(cnn5C)c4)ncnc3[nH]2)CC1. The largest absolute Gasteiger partial charge is 0.382 e. The Kier molecular flexibility index (Phi) is 5.89. The summed E-state index contributed by atoms with van der Waals surface area (Å²) in [7, 11) is 3.56. The molecule has 10 heteroatoms. The van der Waals surface area contributed by atoms with Gasteiger partial charge < -0.3 is 25.3 Å². The zero-order valence-corrected chi connectivity index (χ0v) is 20.4. The lowest BCUT2D eigenvalue weighted by molar-refractivity contribution is 0.123. The summed E-state index contributed by atoms with van der Waals surface area (Å²) in [5.74, 6) is 0.735. The van der Waals surface area contributed by atoms with Gasteiger partial charge in [-0.1, -0.05) is 6.08 Å². The van der Waals surface area contributed by atoms with Gasteiger partial charge in [0.25, 0.3) is 0 Å². The van der Waals surface area contributed by atoms with Crippen LogP contribution in [0.2, 0.25) is 0 Å². The van der Waals surface area contributed by atoms with E-state index in [0.29, 0.717) is 19.7 Å². The summed E-state index contributed by atoms with van der Waals surface area (Å²) in [6, 6.07) is 8.10. The Labute approximate surface area is 203 Å². The number of rotatable bonds is 6. The Morgan fingerprint density at radius 3 is 2.89 bits per heavy atom. The van der Waals surface area contributed by atoms with Crippen LogP contribution in [0.15, 0.2) is 42.9 Å². The van der Waals surface area contributed by atoms with Crippen LogP contribution < -0.4 is 10.6 Å². The highest BCUT2D eigenvalue weighted by atomic mass is 16.5. The molecule has 10 nitrogen and oxygen atoms in total. The van der Waals surface area contributed by atoms with Crippen molar-refractivity contribution in [3.05, 3.63) is 48.6 Å². The number of hydrogen-bond acceptors (Lipinski definition) is 6. The third kappa shape index (κ3) is 4.69. The van der Waals surface area contributed by atoms with E-state index in [1.54, 1.807) is 13.4 Å². The second-order valence-corrected chi connectivity index (χ2v) is 9.51. The number of anilines is 2. The molecule has 2 amide bonds. The van der Waals surface area contributed by atoms with Gasteiger partial charge in [0, 0.05) is 44.0 Å². The maximum absolute atomic E-state index is 12.7. The van der Waals surface area contributed by atoms with Crippen LogP contribution in [0.25, 0.3) is 27.5 Å². The molecule has 182 valence electrons. The van der Waals surface area contributed by atoms with Gasteiger partial charge in [0.15, 0.2) is 0 Å². The molecule has 0 fully saturated rings. The average molecular weight is 475 g/mol. The number of aryl methyl sites for hydroxylation is 1. The standard InChI is InChI=1S/C25H30N8O2/c1-25(2,14-35-4)31-24(34)33-9-7-16(8-10-33)20-12-19-22(26-15-27-23(19)30-20)29-18-5-6-21-17(11-18)13-28-32(21)3/h5-7,11-13,15H,8-10,14H2,1-4H3,(H,31,34)(H2,26,27,29,30). The summed E-state index contributed by atoms with van der Waals surface area (Å²) in [5, 5.41) is 12.7. The van der Waals surface area contributed by atoms with Gasteiger partial charge in [-0.05, 0) is 50.1 Å². The van der Waals surface area contributed by atoms with Crippen LogP contribution in [0.4, 0.5) is 16.3 Å². The number of aromatic nitrogens is 5. The molecule has 0 radical (unpaired) electrons. The zero-order chi connectivity index (χ0) is 24.6. The number of benzene rings is 1. The molecule has 0 saturated carbocycles. The van der Waals surface area contributed by atoms with Gasteiger partial charge in [-0.2, -0.15) is 5.10 Å². The van der Waals surface area contributed by atoms with E-state index in [2.05, 4.69) is 48.9 Å². The first-order valence-electron chi connectivity index (χ1n) is 11.6. The zero-order valence-electron chi connectivity index (χ0n) is 20.4. The number of carbonyl (C=O) groups is 1. The minimum Gasteiger partial charge on any atom is -0.382 e. The molecule has 35 heavy (non-hydrogen) atoms. The Bertz CT molecular complexity index is 1420. The van der Waals surface area contributed by atoms with Crippen molar-refractivity contribution < 1.29 is 9.53 Å². The number of urea groups is 1. The Morgan fingerprint density at radius 1 is 1.26 bits per heavy atom. The van der Waals surface area contributed by atoms with Gasteiger partial charge >= 0.3 is 6.03 Å². The number of methoxy groups -OCH3 is 1. The first-order valence-corrected chi connectivity index (χ1v) is 11.6. The van der Waals surface area contributed by atoms with Crippen molar-refractivity contribution in [2.75, 3.05) is 32.1 Å². The first-order chi connectivity index (χ1) is 16.8. The number of carbonyl (C=O) groups excluding carboxylic acids is 1. The summed E-state index contributed by atoms with van der Waals surface area (Å²) < 4.78 is 7.05. The van der Waals surface area contributed by atoms with E-state index < -0.39 is 5.54 Å². The second kappa shape index (κ2) is 9.03. The van der Waals surface area contributed by atoms with Gasteiger partial charge in [0.2, 0.25) is 0 Å². The molecule has 5 rings (SSSR count). The molecule has 0 saturated heterocycles. The quantitative estimate of drug-likeness (QED) is 0.392. The number of H-pyrrole nitrogens is 1. The molecule has 3 aromatic heterocycles. The van der Waals surface area contributed by atoms with Crippen LogP contribution in [0.1, 0.15) is 26.0 Å². The van der Waals surface area contributed by atoms with E-state index in [0.717, 1.165) is 51.1 Å². The summed E-state index contributed by atoms with van der Waals surface area (Å²) in [5.41, 5.74) is 4.50. The van der Waals surface area contributed by atoms with Crippen LogP contribution in [0.5, 0.6) is 0 Å². The normalized spacial score (nSPS) is 14.4. The molecule has 0 spiro atoms. The van der Waals surface area contributed by atoms with Gasteiger partial charge in [0.05, 0.1) is 29.2 Å². The molecule has 0 bridgehead atoms. The minimum absolute atomic E-state index is 0.0815. The fourth-order valence-electron chi connectivity index (χ4n) is 4.45. The Balaban J connectivity index is 1.33. The van der Waals surface area contributed by atoms with E-state index in [9.17, 15) is 4.79 Å². The lowest BCUT2D eigenvalue weighted by Gasteiger charge is -2.32. The molecular formula is C25H30N8O2. The van der Waals surface area contributed by atoms with Crippen LogP contribution in [0, 0.1) is 0 Å². The van der Waals surface area contributed by atoms with Crippen molar-refractivity contribution in [2.45, 2.75) is 25.8 Å². The van der Waals surface area contributed by atoms with Crippen LogP contribution in [-0.4, -0.2) is 68.0 Å². The predicted molar refractivity (Wildman–Crippen MR) is 137 cm³/mol. The van der Waals surface area contributed by atoms with Gasteiger partial charge in [-0.15, -0.1) is 0 Å². The lowest BCUT2D eigenvalue weighted by Crippen LogP contribution is -2.53. The average Bonchev–Trinajstić information content (AvgIpc) is 3.43. The third-order valence-electron chi connectivity index (χ3n) is 6.23. The Hall–Kier alpha value is -3.92. The van der Waals surface area contributed by atoms with E-state index in [-0.39, 0.29) is 6.03 Å². The molecular weight excluding hydrogens is 444 g/mol. The number of nitrogens with one attached hydrogen (secondary N) is 3. The number of amides is 2. The van der Waals surface area contributed by atoms with Gasteiger partial charge in [-0.3, -0.25) is 4.68 Å². The monoisotopic (exact) mass is 474 g/mol. The Morgan fingerprint density at radius 2 is 2.11 bits per heavy atom. The highest BCUT2D eigenvalue weighted by Crippen LogP contribution is 2.30. The molecule has 4 aromatic rings. The number of nitrogens with zero attached hydrogens (tertiary/aromatic N) is 5.